The Balaban J connectivity index is 2.11. The zero-order chi connectivity index (χ0) is 20.1. The molecular formula is C22H18ClNO4. The van der Waals surface area contributed by atoms with Gasteiger partial charge >= 0.3 is 12.1 Å². The van der Waals surface area contributed by atoms with Crippen molar-refractivity contribution in [2.45, 2.75) is 12.5 Å². The largest absolute Gasteiger partial charge is 0.478 e. The highest BCUT2D eigenvalue weighted by molar-refractivity contribution is 6.31. The third kappa shape index (κ3) is 4.32. The van der Waals surface area contributed by atoms with Crippen LogP contribution in [0.4, 0.5) is 4.79 Å². The number of rotatable bonds is 6. The molecule has 1 unspecified atom stereocenters. The number of carbonyl (C=O) groups is 2. The Morgan fingerprint density at radius 2 is 1.46 bits per heavy atom. The molecule has 3 aromatic rings. The van der Waals surface area contributed by atoms with E-state index in [0.717, 1.165) is 5.56 Å². The van der Waals surface area contributed by atoms with Crippen molar-refractivity contribution in [2.24, 2.45) is 0 Å². The van der Waals surface area contributed by atoms with E-state index >= 15 is 0 Å². The van der Waals surface area contributed by atoms with E-state index in [9.17, 15) is 19.8 Å². The molecule has 3 N–H and O–H groups in total. The van der Waals surface area contributed by atoms with Gasteiger partial charge in [-0.1, -0.05) is 72.3 Å². The molecule has 0 aliphatic heterocycles. The Morgan fingerprint density at radius 1 is 0.857 bits per heavy atom. The summed E-state index contributed by atoms with van der Waals surface area (Å²) in [5, 5.41) is 22.0. The van der Waals surface area contributed by atoms with Crippen LogP contribution in [0.15, 0.2) is 72.8 Å². The normalized spacial score (nSPS) is 11.6. The molecule has 1 amide bonds. The van der Waals surface area contributed by atoms with Crippen molar-refractivity contribution in [3.8, 4) is 11.1 Å². The van der Waals surface area contributed by atoms with Gasteiger partial charge in [0.05, 0.1) is 11.6 Å². The molecule has 28 heavy (non-hydrogen) atoms. The molecule has 142 valence electrons. The lowest BCUT2D eigenvalue weighted by Gasteiger charge is -2.22. The minimum Gasteiger partial charge on any atom is -0.478 e. The Hall–Kier alpha value is -3.31. The topological polar surface area (TPSA) is 86.6 Å². The molecule has 0 saturated carbocycles. The fourth-order valence-electron chi connectivity index (χ4n) is 3.22. The first-order valence-electron chi connectivity index (χ1n) is 8.62. The molecule has 0 aliphatic rings. The van der Waals surface area contributed by atoms with E-state index in [2.05, 4.69) is 5.32 Å². The van der Waals surface area contributed by atoms with Gasteiger partial charge in [-0.3, -0.25) is 0 Å². The van der Waals surface area contributed by atoms with Crippen LogP contribution in [0, 0.1) is 0 Å². The Bertz CT molecular complexity index is 1020. The number of carboxylic acids is 1. The van der Waals surface area contributed by atoms with Gasteiger partial charge in [0.1, 0.15) is 0 Å². The van der Waals surface area contributed by atoms with E-state index < -0.39 is 18.1 Å². The Kier molecular flexibility index (Phi) is 5.96. The molecule has 3 rings (SSSR count). The van der Waals surface area contributed by atoms with Crippen LogP contribution in [-0.2, 0) is 6.42 Å². The number of benzene rings is 3. The van der Waals surface area contributed by atoms with Crippen LogP contribution in [0.3, 0.4) is 0 Å². The van der Waals surface area contributed by atoms with Crippen LogP contribution in [-0.4, -0.2) is 22.3 Å². The molecule has 6 heteroatoms. The highest BCUT2D eigenvalue weighted by Crippen LogP contribution is 2.33. The molecule has 0 spiro atoms. The summed E-state index contributed by atoms with van der Waals surface area (Å²) in [4.78, 5) is 23.1. The first kappa shape index (κ1) is 19.5. The molecule has 0 aliphatic carbocycles. The average molecular weight is 396 g/mol. The van der Waals surface area contributed by atoms with Gasteiger partial charge in [0.25, 0.3) is 0 Å². The van der Waals surface area contributed by atoms with Crippen molar-refractivity contribution < 1.29 is 19.8 Å². The Morgan fingerprint density at radius 3 is 2.14 bits per heavy atom. The standard InChI is InChI=1S/C22H18ClNO4/c23-19-12-6-1-7-14(19)13-20(24-22(27)28)17-10-4-2-8-15(17)16-9-3-5-11-18(16)21(25)26/h1-12,20,24H,13H2,(H,25,26)(H,27,28). The average Bonchev–Trinajstić information content (AvgIpc) is 2.69. The second-order valence-corrected chi connectivity index (χ2v) is 6.64. The first-order valence-corrected chi connectivity index (χ1v) is 8.99. The number of halogens is 1. The molecule has 1 atom stereocenters. The highest BCUT2D eigenvalue weighted by Gasteiger charge is 2.22. The van der Waals surface area contributed by atoms with Crippen molar-refractivity contribution >= 4 is 23.7 Å². The molecule has 3 aromatic carbocycles. The van der Waals surface area contributed by atoms with Crippen LogP contribution < -0.4 is 5.32 Å². The molecule has 5 nitrogen and oxygen atoms in total. The summed E-state index contributed by atoms with van der Waals surface area (Å²) < 4.78 is 0. The van der Waals surface area contributed by atoms with Crippen molar-refractivity contribution in [3.05, 3.63) is 94.5 Å². The van der Waals surface area contributed by atoms with E-state index in [0.29, 0.717) is 28.1 Å². The first-order chi connectivity index (χ1) is 13.5. The zero-order valence-electron chi connectivity index (χ0n) is 14.8. The summed E-state index contributed by atoms with van der Waals surface area (Å²) >= 11 is 6.26. The molecular weight excluding hydrogens is 378 g/mol. The minimum atomic E-state index is -1.17. The van der Waals surface area contributed by atoms with E-state index in [1.807, 2.05) is 18.2 Å². The van der Waals surface area contributed by atoms with Crippen LogP contribution in [0.2, 0.25) is 5.02 Å². The van der Waals surface area contributed by atoms with Gasteiger partial charge < -0.3 is 15.5 Å². The van der Waals surface area contributed by atoms with Crippen molar-refractivity contribution in [3.63, 3.8) is 0 Å². The summed E-state index contributed by atoms with van der Waals surface area (Å²) in [5.74, 6) is -1.04. The van der Waals surface area contributed by atoms with E-state index in [-0.39, 0.29) is 5.56 Å². The lowest BCUT2D eigenvalue weighted by atomic mass is 9.89. The molecule has 0 saturated heterocycles. The minimum absolute atomic E-state index is 0.154. The van der Waals surface area contributed by atoms with Gasteiger partial charge in [-0.25, -0.2) is 9.59 Å². The lowest BCUT2D eigenvalue weighted by molar-refractivity contribution is 0.0697. The number of amides is 1. The van der Waals surface area contributed by atoms with Gasteiger partial charge in [0, 0.05) is 5.02 Å². The van der Waals surface area contributed by atoms with Crippen molar-refractivity contribution in [2.75, 3.05) is 0 Å². The van der Waals surface area contributed by atoms with Crippen LogP contribution in [0.5, 0.6) is 0 Å². The second-order valence-electron chi connectivity index (χ2n) is 6.24. The van der Waals surface area contributed by atoms with Crippen molar-refractivity contribution in [1.29, 1.82) is 0 Å². The molecule has 0 fully saturated rings. The Labute approximate surface area is 167 Å². The van der Waals surface area contributed by atoms with E-state index in [1.165, 1.54) is 6.07 Å². The number of nitrogens with one attached hydrogen (secondary N) is 1. The number of carboxylic acid groups (broad SMARTS) is 2. The maximum atomic E-state index is 11.7. The third-order valence-corrected chi connectivity index (χ3v) is 4.83. The van der Waals surface area contributed by atoms with Crippen LogP contribution in [0.25, 0.3) is 11.1 Å². The highest BCUT2D eigenvalue weighted by atomic mass is 35.5. The maximum absolute atomic E-state index is 11.7. The van der Waals surface area contributed by atoms with Crippen molar-refractivity contribution in [1.82, 2.24) is 5.32 Å². The quantitative estimate of drug-likeness (QED) is 0.531. The number of hydrogen-bond donors (Lipinski definition) is 3. The zero-order valence-corrected chi connectivity index (χ0v) is 15.6. The predicted octanol–water partition coefficient (Wildman–Crippen LogP) is 5.26. The van der Waals surface area contributed by atoms with Crippen LogP contribution >= 0.6 is 11.6 Å². The van der Waals surface area contributed by atoms with Gasteiger partial charge in [-0.15, -0.1) is 0 Å². The molecule has 0 aromatic heterocycles. The van der Waals surface area contributed by atoms with Gasteiger partial charge in [-0.2, -0.15) is 0 Å². The smallest absolute Gasteiger partial charge is 0.405 e. The van der Waals surface area contributed by atoms with Crippen LogP contribution in [0.1, 0.15) is 27.5 Å². The summed E-state index contributed by atoms with van der Waals surface area (Å²) in [7, 11) is 0. The second kappa shape index (κ2) is 8.59. The summed E-state index contributed by atoms with van der Waals surface area (Å²) in [6.07, 6.45) is -0.837. The monoisotopic (exact) mass is 395 g/mol. The molecule has 0 radical (unpaired) electrons. The summed E-state index contributed by atoms with van der Waals surface area (Å²) in [6.45, 7) is 0. The molecule has 0 heterocycles. The molecule has 0 bridgehead atoms. The summed E-state index contributed by atoms with van der Waals surface area (Å²) in [6, 6.07) is 20.5. The number of aromatic carboxylic acids is 1. The van der Waals surface area contributed by atoms with E-state index in [1.54, 1.807) is 48.5 Å². The van der Waals surface area contributed by atoms with E-state index in [4.69, 9.17) is 11.6 Å². The fourth-order valence-corrected chi connectivity index (χ4v) is 3.44. The fraction of sp³-hybridized carbons (Fsp3) is 0.0909. The van der Waals surface area contributed by atoms with Gasteiger partial charge in [0.2, 0.25) is 0 Å². The lowest BCUT2D eigenvalue weighted by Crippen LogP contribution is -2.29. The van der Waals surface area contributed by atoms with Gasteiger partial charge in [-0.05, 0) is 40.8 Å². The summed E-state index contributed by atoms with van der Waals surface area (Å²) in [5.41, 5.74) is 2.82. The number of hydrogen-bond acceptors (Lipinski definition) is 2. The predicted molar refractivity (Wildman–Crippen MR) is 108 cm³/mol. The third-order valence-electron chi connectivity index (χ3n) is 4.46. The maximum Gasteiger partial charge on any atom is 0.405 e. The SMILES string of the molecule is O=C(O)NC(Cc1ccccc1Cl)c1ccccc1-c1ccccc1C(=O)O. The van der Waals surface area contributed by atoms with Gasteiger partial charge in [0.15, 0.2) is 0 Å².